The second kappa shape index (κ2) is 6.39. The first-order chi connectivity index (χ1) is 6.15. The molecule has 1 heterocycles. The summed E-state index contributed by atoms with van der Waals surface area (Å²) >= 11 is 0. The molecule has 1 saturated heterocycles. The van der Waals surface area contributed by atoms with E-state index >= 15 is 0 Å². The molecule has 0 bridgehead atoms. The molecule has 0 saturated carbocycles. The van der Waals surface area contributed by atoms with Gasteiger partial charge >= 0.3 is 0 Å². The van der Waals surface area contributed by atoms with Crippen LogP contribution in [0.25, 0.3) is 0 Å². The van der Waals surface area contributed by atoms with Crippen LogP contribution in [0, 0.1) is 0 Å². The second-order valence-electron chi connectivity index (χ2n) is 3.75. The minimum absolute atomic E-state index is 0.730. The number of hydrogen-bond donors (Lipinski definition) is 0. The van der Waals surface area contributed by atoms with Gasteiger partial charge in [0, 0.05) is 25.2 Å². The molecule has 1 aliphatic heterocycles. The summed E-state index contributed by atoms with van der Waals surface area (Å²) in [6.45, 7) is 14.5. The van der Waals surface area contributed by atoms with Crippen molar-refractivity contribution in [1.82, 2.24) is 9.80 Å². The highest BCUT2D eigenvalue weighted by molar-refractivity contribution is 4.82. The van der Waals surface area contributed by atoms with E-state index < -0.39 is 0 Å². The van der Waals surface area contributed by atoms with E-state index in [4.69, 9.17) is 0 Å². The van der Waals surface area contributed by atoms with Gasteiger partial charge in [-0.25, -0.2) is 0 Å². The summed E-state index contributed by atoms with van der Waals surface area (Å²) in [6, 6.07) is 1.46. The molecular formula is C11H26N2. The van der Waals surface area contributed by atoms with Crippen LogP contribution in [-0.2, 0) is 0 Å². The first-order valence-electron chi connectivity index (χ1n) is 5.59. The fourth-order valence-corrected chi connectivity index (χ4v) is 2.24. The van der Waals surface area contributed by atoms with E-state index in [-0.39, 0.29) is 0 Å². The highest BCUT2D eigenvalue weighted by atomic mass is 15.3. The monoisotopic (exact) mass is 186 g/mol. The molecule has 1 rings (SSSR count). The van der Waals surface area contributed by atoms with Crippen molar-refractivity contribution in [3.63, 3.8) is 0 Å². The van der Waals surface area contributed by atoms with Crippen molar-refractivity contribution < 1.29 is 0 Å². The van der Waals surface area contributed by atoms with Gasteiger partial charge in [-0.15, -0.1) is 0 Å². The fourth-order valence-electron chi connectivity index (χ4n) is 2.24. The van der Waals surface area contributed by atoms with Crippen LogP contribution in [0.4, 0.5) is 0 Å². The molecule has 0 aromatic rings. The average Bonchev–Trinajstić information content (AvgIpc) is 2.07. The molecule has 2 heteroatoms. The SMILES string of the molecule is CC.CCN1C(C)CN(C)C[C@H]1C. The molecule has 0 radical (unpaired) electrons. The molecule has 80 valence electrons. The second-order valence-corrected chi connectivity index (χ2v) is 3.75. The summed E-state index contributed by atoms with van der Waals surface area (Å²) in [4.78, 5) is 4.99. The quantitative estimate of drug-likeness (QED) is 0.618. The summed E-state index contributed by atoms with van der Waals surface area (Å²) < 4.78 is 0. The van der Waals surface area contributed by atoms with Crippen molar-refractivity contribution in [2.75, 3.05) is 26.7 Å². The van der Waals surface area contributed by atoms with Gasteiger partial charge in [0.05, 0.1) is 0 Å². The summed E-state index contributed by atoms with van der Waals surface area (Å²) in [6.07, 6.45) is 0. The summed E-state index contributed by atoms with van der Waals surface area (Å²) in [5.41, 5.74) is 0. The third kappa shape index (κ3) is 3.65. The molecule has 2 atom stereocenters. The molecule has 1 fully saturated rings. The zero-order valence-corrected chi connectivity index (χ0v) is 10.2. The molecule has 13 heavy (non-hydrogen) atoms. The Hall–Kier alpha value is -0.0800. The lowest BCUT2D eigenvalue weighted by Crippen LogP contribution is -2.55. The number of nitrogens with zero attached hydrogens (tertiary/aromatic N) is 2. The summed E-state index contributed by atoms with van der Waals surface area (Å²) in [5.74, 6) is 0. The van der Waals surface area contributed by atoms with Crippen LogP contribution in [0.1, 0.15) is 34.6 Å². The normalized spacial score (nSPS) is 30.9. The van der Waals surface area contributed by atoms with E-state index in [1.807, 2.05) is 13.8 Å². The summed E-state index contributed by atoms with van der Waals surface area (Å²) in [5, 5.41) is 0. The van der Waals surface area contributed by atoms with Gasteiger partial charge in [-0.2, -0.15) is 0 Å². The Balaban J connectivity index is 0.000000671. The Kier molecular flexibility index (Phi) is 6.35. The van der Waals surface area contributed by atoms with Crippen molar-refractivity contribution in [2.24, 2.45) is 0 Å². The van der Waals surface area contributed by atoms with Gasteiger partial charge < -0.3 is 4.90 Å². The van der Waals surface area contributed by atoms with Crippen LogP contribution in [0.15, 0.2) is 0 Å². The van der Waals surface area contributed by atoms with E-state index in [1.165, 1.54) is 19.6 Å². The van der Waals surface area contributed by atoms with E-state index in [2.05, 4.69) is 37.6 Å². The predicted octanol–water partition coefficient (Wildman–Crippen LogP) is 2.06. The Morgan fingerprint density at radius 2 is 1.46 bits per heavy atom. The topological polar surface area (TPSA) is 6.48 Å². The number of likely N-dealkylation sites (N-methyl/N-ethyl adjacent to an activating group) is 2. The van der Waals surface area contributed by atoms with Crippen LogP contribution in [0.5, 0.6) is 0 Å². The van der Waals surface area contributed by atoms with Gasteiger partial charge in [0.15, 0.2) is 0 Å². The Bertz CT molecular complexity index is 113. The van der Waals surface area contributed by atoms with Crippen molar-refractivity contribution in [3.05, 3.63) is 0 Å². The largest absolute Gasteiger partial charge is 0.303 e. The standard InChI is InChI=1S/C9H20N2.C2H6/c1-5-11-8(2)6-10(4)7-9(11)3;1-2/h8-9H,5-7H2,1-4H3;1-2H3/t8-,9?;/m1./s1. The van der Waals surface area contributed by atoms with Crippen molar-refractivity contribution in [2.45, 2.75) is 46.7 Å². The Labute approximate surface area is 83.9 Å². The first-order valence-corrected chi connectivity index (χ1v) is 5.59. The van der Waals surface area contributed by atoms with Gasteiger partial charge in [-0.3, -0.25) is 4.90 Å². The third-order valence-corrected chi connectivity index (χ3v) is 2.65. The predicted molar refractivity (Wildman–Crippen MR) is 60.1 cm³/mol. The molecule has 0 N–H and O–H groups in total. The van der Waals surface area contributed by atoms with E-state index in [0.29, 0.717) is 0 Å². The molecule has 0 aliphatic carbocycles. The van der Waals surface area contributed by atoms with E-state index in [1.54, 1.807) is 0 Å². The van der Waals surface area contributed by atoms with Gasteiger partial charge in [0.2, 0.25) is 0 Å². The maximum Gasteiger partial charge on any atom is 0.0198 e. The van der Waals surface area contributed by atoms with E-state index in [0.717, 1.165) is 12.1 Å². The molecule has 0 aromatic heterocycles. The number of rotatable bonds is 1. The van der Waals surface area contributed by atoms with Crippen LogP contribution >= 0.6 is 0 Å². The van der Waals surface area contributed by atoms with Gasteiger partial charge in [0.25, 0.3) is 0 Å². The lowest BCUT2D eigenvalue weighted by molar-refractivity contribution is 0.0573. The first kappa shape index (κ1) is 12.9. The maximum absolute atomic E-state index is 2.57. The number of piperazine rings is 1. The van der Waals surface area contributed by atoms with Gasteiger partial charge in [-0.1, -0.05) is 20.8 Å². The smallest absolute Gasteiger partial charge is 0.0198 e. The molecule has 0 amide bonds. The van der Waals surface area contributed by atoms with E-state index in [9.17, 15) is 0 Å². The lowest BCUT2D eigenvalue weighted by Gasteiger charge is -2.42. The number of hydrogen-bond acceptors (Lipinski definition) is 2. The minimum Gasteiger partial charge on any atom is -0.303 e. The van der Waals surface area contributed by atoms with Gasteiger partial charge in [0.1, 0.15) is 0 Å². The molecular weight excluding hydrogens is 160 g/mol. The highest BCUT2D eigenvalue weighted by Gasteiger charge is 2.25. The maximum atomic E-state index is 2.57. The summed E-state index contributed by atoms with van der Waals surface area (Å²) in [7, 11) is 2.21. The van der Waals surface area contributed by atoms with Crippen molar-refractivity contribution >= 4 is 0 Å². The molecule has 2 nitrogen and oxygen atoms in total. The van der Waals surface area contributed by atoms with Crippen LogP contribution in [-0.4, -0.2) is 48.6 Å². The Morgan fingerprint density at radius 3 is 1.77 bits per heavy atom. The molecule has 1 unspecified atom stereocenters. The van der Waals surface area contributed by atoms with Crippen LogP contribution < -0.4 is 0 Å². The zero-order chi connectivity index (χ0) is 10.4. The molecule has 0 spiro atoms. The van der Waals surface area contributed by atoms with Crippen LogP contribution in [0.3, 0.4) is 0 Å². The third-order valence-electron chi connectivity index (χ3n) is 2.65. The minimum atomic E-state index is 0.730. The fraction of sp³-hybridized carbons (Fsp3) is 1.00. The highest BCUT2D eigenvalue weighted by Crippen LogP contribution is 2.12. The zero-order valence-electron chi connectivity index (χ0n) is 10.2. The van der Waals surface area contributed by atoms with Crippen molar-refractivity contribution in [3.8, 4) is 0 Å². The molecule has 1 aliphatic rings. The van der Waals surface area contributed by atoms with Gasteiger partial charge in [-0.05, 0) is 27.4 Å². The average molecular weight is 186 g/mol. The van der Waals surface area contributed by atoms with Crippen molar-refractivity contribution in [1.29, 1.82) is 0 Å². The molecule has 0 aromatic carbocycles. The lowest BCUT2D eigenvalue weighted by atomic mass is 10.1. The Morgan fingerprint density at radius 1 is 1.08 bits per heavy atom. The van der Waals surface area contributed by atoms with Crippen LogP contribution in [0.2, 0.25) is 0 Å².